The number of hydrogen-bond donors (Lipinski definition) is 1. The van der Waals surface area contributed by atoms with Crippen LogP contribution in [0.25, 0.3) is 0 Å². The van der Waals surface area contributed by atoms with Crippen LogP contribution in [0.1, 0.15) is 23.6 Å². The van der Waals surface area contributed by atoms with Crippen LogP contribution in [0.4, 0.5) is 0 Å². The molecule has 6 heteroatoms. The molecular weight excluding hydrogens is 308 g/mol. The second-order valence-electron chi connectivity index (χ2n) is 5.98. The van der Waals surface area contributed by atoms with E-state index in [-0.39, 0.29) is 24.3 Å². The molecule has 1 aromatic rings. The topological polar surface area (TPSA) is 67.9 Å². The Bertz CT molecular complexity index is 576. The number of nitrogens with zero attached hydrogens (tertiary/aromatic N) is 1. The van der Waals surface area contributed by atoms with Crippen LogP contribution < -0.4 is 5.32 Å². The number of benzene rings is 1. The zero-order valence-corrected chi connectivity index (χ0v) is 14.6. The highest BCUT2D eigenvalue weighted by atomic mass is 16.5. The van der Waals surface area contributed by atoms with E-state index in [4.69, 9.17) is 9.47 Å². The van der Waals surface area contributed by atoms with E-state index in [0.717, 1.165) is 11.1 Å². The largest absolute Gasteiger partial charge is 0.383 e. The summed E-state index contributed by atoms with van der Waals surface area (Å²) in [5.41, 5.74) is 2.10. The van der Waals surface area contributed by atoms with E-state index in [9.17, 15) is 9.59 Å². The van der Waals surface area contributed by atoms with Crippen molar-refractivity contribution in [1.82, 2.24) is 10.2 Å². The molecule has 1 heterocycles. The number of nitrogens with one attached hydrogen (secondary N) is 1. The van der Waals surface area contributed by atoms with Crippen molar-refractivity contribution in [2.45, 2.75) is 19.4 Å². The normalized spacial score (nSPS) is 20.5. The Labute approximate surface area is 143 Å². The average molecular weight is 334 g/mol. The molecule has 0 spiro atoms. The molecule has 1 fully saturated rings. The number of methoxy groups -OCH3 is 2. The molecule has 1 saturated heterocycles. The highest BCUT2D eigenvalue weighted by molar-refractivity contribution is 5.90. The summed E-state index contributed by atoms with van der Waals surface area (Å²) in [5.74, 6) is -0.506. The Morgan fingerprint density at radius 2 is 1.96 bits per heavy atom. The third-order valence-electron chi connectivity index (χ3n) is 4.42. The number of carbonyl (C=O) groups excluding carboxylic acids is 2. The first-order valence-electron chi connectivity index (χ1n) is 8.20. The second kappa shape index (κ2) is 8.80. The SMILES string of the molecule is COCCNC(=O)[C@@H]1CC(=O)N(CCOC)[C@H]1c1ccccc1C. The summed E-state index contributed by atoms with van der Waals surface area (Å²) in [6.45, 7) is 3.84. The summed E-state index contributed by atoms with van der Waals surface area (Å²) < 4.78 is 10.1. The number of hydrogen-bond acceptors (Lipinski definition) is 4. The number of carbonyl (C=O) groups is 2. The molecule has 2 rings (SSSR count). The van der Waals surface area contributed by atoms with Gasteiger partial charge in [-0.3, -0.25) is 9.59 Å². The van der Waals surface area contributed by atoms with Gasteiger partial charge in [0.2, 0.25) is 11.8 Å². The molecule has 24 heavy (non-hydrogen) atoms. The van der Waals surface area contributed by atoms with Gasteiger partial charge in [-0.25, -0.2) is 0 Å². The van der Waals surface area contributed by atoms with Gasteiger partial charge in [0.15, 0.2) is 0 Å². The lowest BCUT2D eigenvalue weighted by molar-refractivity contribution is -0.129. The van der Waals surface area contributed by atoms with Gasteiger partial charge in [-0.05, 0) is 18.1 Å². The fourth-order valence-corrected chi connectivity index (χ4v) is 3.19. The maximum Gasteiger partial charge on any atom is 0.226 e. The third kappa shape index (κ3) is 4.13. The van der Waals surface area contributed by atoms with Crippen LogP contribution in [-0.2, 0) is 19.1 Å². The number of likely N-dealkylation sites (tertiary alicyclic amines) is 1. The third-order valence-corrected chi connectivity index (χ3v) is 4.42. The first-order valence-corrected chi connectivity index (χ1v) is 8.20. The van der Waals surface area contributed by atoms with Crippen molar-refractivity contribution in [3.8, 4) is 0 Å². The average Bonchev–Trinajstić information content (AvgIpc) is 2.90. The molecule has 0 bridgehead atoms. The Hall–Kier alpha value is -1.92. The highest BCUT2D eigenvalue weighted by Crippen LogP contribution is 2.39. The molecule has 1 aromatic carbocycles. The molecular formula is C18H26N2O4. The minimum Gasteiger partial charge on any atom is -0.383 e. The zero-order chi connectivity index (χ0) is 17.5. The maximum absolute atomic E-state index is 12.6. The molecule has 0 aliphatic carbocycles. The van der Waals surface area contributed by atoms with Crippen LogP contribution in [0.15, 0.2) is 24.3 Å². The van der Waals surface area contributed by atoms with Gasteiger partial charge in [-0.1, -0.05) is 24.3 Å². The van der Waals surface area contributed by atoms with Crippen molar-refractivity contribution >= 4 is 11.8 Å². The lowest BCUT2D eigenvalue weighted by Gasteiger charge is -2.29. The minimum absolute atomic E-state index is 0.00723. The number of amides is 2. The Morgan fingerprint density at radius 1 is 1.25 bits per heavy atom. The van der Waals surface area contributed by atoms with Gasteiger partial charge in [0.25, 0.3) is 0 Å². The van der Waals surface area contributed by atoms with Crippen LogP contribution in [0.5, 0.6) is 0 Å². The molecule has 6 nitrogen and oxygen atoms in total. The van der Waals surface area contributed by atoms with E-state index in [1.165, 1.54) is 0 Å². The molecule has 0 saturated carbocycles. The van der Waals surface area contributed by atoms with E-state index >= 15 is 0 Å². The van der Waals surface area contributed by atoms with Gasteiger partial charge >= 0.3 is 0 Å². The van der Waals surface area contributed by atoms with Gasteiger partial charge in [0.1, 0.15) is 0 Å². The fourth-order valence-electron chi connectivity index (χ4n) is 3.19. The summed E-state index contributed by atoms with van der Waals surface area (Å²) in [6.07, 6.45) is 0.224. The first-order chi connectivity index (χ1) is 11.6. The van der Waals surface area contributed by atoms with E-state index in [1.54, 1.807) is 19.1 Å². The molecule has 132 valence electrons. The summed E-state index contributed by atoms with van der Waals surface area (Å²) >= 11 is 0. The fraction of sp³-hybridized carbons (Fsp3) is 0.556. The molecule has 1 aliphatic rings. The molecule has 1 aliphatic heterocycles. The zero-order valence-electron chi connectivity index (χ0n) is 14.6. The number of aryl methyl sites for hydroxylation is 1. The smallest absolute Gasteiger partial charge is 0.226 e. The van der Waals surface area contributed by atoms with Crippen molar-refractivity contribution in [2.24, 2.45) is 5.92 Å². The van der Waals surface area contributed by atoms with Gasteiger partial charge < -0.3 is 19.7 Å². The van der Waals surface area contributed by atoms with Crippen LogP contribution in [0.2, 0.25) is 0 Å². The van der Waals surface area contributed by atoms with Crippen molar-refractivity contribution in [3.05, 3.63) is 35.4 Å². The number of ether oxygens (including phenoxy) is 2. The minimum atomic E-state index is -0.396. The van der Waals surface area contributed by atoms with Gasteiger partial charge in [0, 0.05) is 33.7 Å². The highest BCUT2D eigenvalue weighted by Gasteiger charge is 2.44. The van der Waals surface area contributed by atoms with Gasteiger partial charge in [-0.2, -0.15) is 0 Å². The van der Waals surface area contributed by atoms with Crippen molar-refractivity contribution in [1.29, 1.82) is 0 Å². The van der Waals surface area contributed by atoms with E-state index in [0.29, 0.717) is 26.3 Å². The predicted molar refractivity (Wildman–Crippen MR) is 90.5 cm³/mol. The summed E-state index contributed by atoms with van der Waals surface area (Å²) in [6, 6.07) is 7.65. The van der Waals surface area contributed by atoms with Crippen LogP contribution >= 0.6 is 0 Å². The molecule has 2 atom stereocenters. The number of rotatable bonds is 8. The summed E-state index contributed by atoms with van der Waals surface area (Å²) in [4.78, 5) is 26.9. The van der Waals surface area contributed by atoms with Crippen LogP contribution in [0, 0.1) is 12.8 Å². The van der Waals surface area contributed by atoms with Gasteiger partial charge in [-0.15, -0.1) is 0 Å². The molecule has 0 unspecified atom stereocenters. The van der Waals surface area contributed by atoms with E-state index < -0.39 is 5.92 Å². The standard InChI is InChI=1S/C18H26N2O4/c1-13-6-4-5-7-14(13)17-15(18(22)19-8-10-23-2)12-16(21)20(17)9-11-24-3/h4-7,15,17H,8-12H2,1-3H3,(H,19,22)/t15-,17+/m1/s1. The molecule has 0 radical (unpaired) electrons. The monoisotopic (exact) mass is 334 g/mol. The molecule has 2 amide bonds. The van der Waals surface area contributed by atoms with Crippen molar-refractivity contribution < 1.29 is 19.1 Å². The van der Waals surface area contributed by atoms with E-state index in [1.807, 2.05) is 31.2 Å². The second-order valence-corrected chi connectivity index (χ2v) is 5.98. The Balaban J connectivity index is 2.26. The van der Waals surface area contributed by atoms with Crippen LogP contribution in [-0.4, -0.2) is 57.2 Å². The summed E-state index contributed by atoms with van der Waals surface area (Å²) in [5, 5.41) is 2.87. The Kier molecular flexibility index (Phi) is 6.75. The predicted octanol–water partition coefficient (Wildman–Crippen LogP) is 1.29. The Morgan fingerprint density at radius 3 is 2.62 bits per heavy atom. The van der Waals surface area contributed by atoms with Crippen molar-refractivity contribution in [2.75, 3.05) is 40.5 Å². The molecule has 0 aromatic heterocycles. The first kappa shape index (κ1) is 18.4. The van der Waals surface area contributed by atoms with Crippen LogP contribution in [0.3, 0.4) is 0 Å². The lowest BCUT2D eigenvalue weighted by Crippen LogP contribution is -2.38. The van der Waals surface area contributed by atoms with E-state index in [2.05, 4.69) is 5.32 Å². The summed E-state index contributed by atoms with van der Waals surface area (Å²) in [7, 11) is 3.20. The molecule has 1 N–H and O–H groups in total. The van der Waals surface area contributed by atoms with Gasteiger partial charge in [0.05, 0.1) is 25.2 Å². The quantitative estimate of drug-likeness (QED) is 0.728. The lowest BCUT2D eigenvalue weighted by atomic mass is 9.90. The van der Waals surface area contributed by atoms with Crippen molar-refractivity contribution in [3.63, 3.8) is 0 Å². The maximum atomic E-state index is 12.6.